The predicted molar refractivity (Wildman–Crippen MR) is 171 cm³/mol. The second kappa shape index (κ2) is 9.69. The minimum absolute atomic E-state index is 0.0576. The number of phenolic OH excluding ortho intramolecular Hbond substituents is 1. The van der Waals surface area contributed by atoms with Gasteiger partial charge in [-0.25, -0.2) is 4.79 Å². The van der Waals surface area contributed by atoms with Crippen LogP contribution in [-0.2, 0) is 20.7 Å². The van der Waals surface area contributed by atoms with Gasteiger partial charge in [0.15, 0.2) is 22.8 Å². The van der Waals surface area contributed by atoms with Crippen molar-refractivity contribution in [1.29, 1.82) is 0 Å². The third-order valence-corrected chi connectivity index (χ3v) is 11.7. The van der Waals surface area contributed by atoms with Crippen LogP contribution in [0.3, 0.4) is 0 Å². The number of carbonyl (C=O) groups is 3. The number of hydrogen-bond donors (Lipinski definition) is 2. The van der Waals surface area contributed by atoms with Crippen LogP contribution in [0, 0.1) is 17.8 Å². The van der Waals surface area contributed by atoms with Crippen LogP contribution in [0.4, 0.5) is 0 Å². The fourth-order valence-electron chi connectivity index (χ4n) is 9.49. The first-order valence-corrected chi connectivity index (χ1v) is 16.5. The van der Waals surface area contributed by atoms with Gasteiger partial charge in [0.25, 0.3) is 0 Å². The van der Waals surface area contributed by atoms with Crippen LogP contribution in [0.5, 0.6) is 17.2 Å². The molecule has 4 bridgehead atoms. The van der Waals surface area contributed by atoms with Gasteiger partial charge in [0.05, 0.1) is 5.60 Å². The summed E-state index contributed by atoms with van der Waals surface area (Å²) in [6.45, 7) is 15.6. The SMILES string of the molecule is CC(C)=CCc1c2c(c(O)c3c1OC(C)(C)[C@@H]1CCC(C)=C[C@@H]31)C(=O)C1=C[C@@H]3C[C@H]4C(C)(C)O[C@@](C/C=C(/C)C(=O)O)(C3=O)[C@@]14O2. The molecule has 46 heavy (non-hydrogen) atoms. The van der Waals surface area contributed by atoms with Gasteiger partial charge in [0.2, 0.25) is 0 Å². The van der Waals surface area contributed by atoms with Crippen LogP contribution in [0.2, 0.25) is 0 Å². The van der Waals surface area contributed by atoms with Crippen molar-refractivity contribution >= 4 is 17.5 Å². The predicted octanol–water partition coefficient (Wildman–Crippen LogP) is 6.94. The summed E-state index contributed by atoms with van der Waals surface area (Å²) in [5, 5.41) is 21.8. The summed E-state index contributed by atoms with van der Waals surface area (Å²) in [5.74, 6) is -2.04. The van der Waals surface area contributed by atoms with E-state index in [9.17, 15) is 24.6 Å². The van der Waals surface area contributed by atoms with Gasteiger partial charge < -0.3 is 24.4 Å². The molecule has 8 heteroatoms. The number of ether oxygens (including phenoxy) is 3. The number of ketones is 2. The fraction of sp³-hybridized carbons (Fsp3) is 0.553. The van der Waals surface area contributed by atoms with E-state index in [1.165, 1.54) is 18.6 Å². The molecule has 4 aliphatic carbocycles. The van der Waals surface area contributed by atoms with E-state index in [1.54, 1.807) is 6.08 Å². The van der Waals surface area contributed by atoms with E-state index in [4.69, 9.17) is 14.2 Å². The smallest absolute Gasteiger partial charge is 0.330 e. The second-order valence-corrected chi connectivity index (χ2v) is 15.6. The molecule has 2 fully saturated rings. The van der Waals surface area contributed by atoms with Gasteiger partial charge in [-0.3, -0.25) is 9.59 Å². The van der Waals surface area contributed by atoms with E-state index < -0.39 is 34.3 Å². The maximum atomic E-state index is 15.0. The Labute approximate surface area is 270 Å². The van der Waals surface area contributed by atoms with Crippen LogP contribution in [-0.4, -0.2) is 50.2 Å². The Morgan fingerprint density at radius 2 is 1.74 bits per heavy atom. The summed E-state index contributed by atoms with van der Waals surface area (Å²) >= 11 is 0. The van der Waals surface area contributed by atoms with Crippen LogP contribution in [0.1, 0.15) is 108 Å². The zero-order chi connectivity index (χ0) is 33.3. The van der Waals surface area contributed by atoms with Crippen LogP contribution >= 0.6 is 0 Å². The molecular weight excluding hydrogens is 584 g/mol. The minimum Gasteiger partial charge on any atom is -0.507 e. The third kappa shape index (κ3) is 3.85. The number of hydrogen-bond acceptors (Lipinski definition) is 7. The molecule has 0 amide bonds. The van der Waals surface area contributed by atoms with E-state index in [-0.39, 0.29) is 58.4 Å². The molecule has 0 radical (unpaired) electrons. The van der Waals surface area contributed by atoms with E-state index in [2.05, 4.69) is 32.9 Å². The van der Waals surface area contributed by atoms with E-state index in [1.807, 2.05) is 27.7 Å². The number of carbonyl (C=O) groups excluding carboxylic acids is 2. The van der Waals surface area contributed by atoms with E-state index in [0.29, 0.717) is 35.3 Å². The highest BCUT2D eigenvalue weighted by Crippen LogP contribution is 2.69. The molecule has 0 unspecified atom stereocenters. The standard InChI is InChI=1S/C38H44O8/c1-18(2)9-11-22-31-27(23-15-19(3)10-12-24(23)35(5,6)44-31)30(40)28-29(39)25-16-21-17-26-36(7,8)46-37(33(21)41,14-13-20(4)34(42)43)38(25,26)45-32(22)28/h9,13,15-16,21,23-24,26,40H,10-12,14,17H2,1-8H3,(H,42,43)/b20-13-/t21-,23-,24-,26+,37+,38-/m1/s1. The zero-order valence-electron chi connectivity index (χ0n) is 28.0. The van der Waals surface area contributed by atoms with Crippen LogP contribution < -0.4 is 9.47 Å². The first-order valence-electron chi connectivity index (χ1n) is 16.5. The van der Waals surface area contributed by atoms with Gasteiger partial charge in [-0.05, 0) is 81.1 Å². The lowest BCUT2D eigenvalue weighted by molar-refractivity contribution is -0.171. The number of benzene rings is 1. The lowest BCUT2D eigenvalue weighted by atomic mass is 9.51. The first-order chi connectivity index (χ1) is 21.5. The van der Waals surface area contributed by atoms with Gasteiger partial charge in [0, 0.05) is 52.4 Å². The molecule has 8 nitrogen and oxygen atoms in total. The normalized spacial score (nSPS) is 34.2. The average molecular weight is 629 g/mol. The Balaban J connectivity index is 1.53. The van der Waals surface area contributed by atoms with Crippen molar-refractivity contribution in [3.05, 3.63) is 63.3 Å². The highest BCUT2D eigenvalue weighted by atomic mass is 16.6. The molecule has 7 aliphatic rings. The number of rotatable bonds is 5. The van der Waals surface area contributed by atoms with Crippen molar-refractivity contribution in [2.75, 3.05) is 0 Å². The summed E-state index contributed by atoms with van der Waals surface area (Å²) < 4.78 is 20.8. The van der Waals surface area contributed by atoms with Crippen molar-refractivity contribution in [3.8, 4) is 17.2 Å². The largest absolute Gasteiger partial charge is 0.507 e. The maximum absolute atomic E-state index is 15.0. The van der Waals surface area contributed by atoms with Gasteiger partial charge in [-0.2, -0.15) is 0 Å². The number of carboxylic acid groups (broad SMARTS) is 1. The number of carboxylic acids is 1. The molecule has 6 atom stereocenters. The van der Waals surface area contributed by atoms with Crippen LogP contribution in [0.25, 0.3) is 0 Å². The summed E-state index contributed by atoms with van der Waals surface area (Å²) in [7, 11) is 0. The number of fused-ring (bicyclic) bond motifs is 4. The van der Waals surface area contributed by atoms with E-state index >= 15 is 0 Å². The Bertz CT molecular complexity index is 1750. The van der Waals surface area contributed by atoms with Crippen LogP contribution in [0.15, 0.2) is 46.6 Å². The Morgan fingerprint density at radius 3 is 2.41 bits per heavy atom. The monoisotopic (exact) mass is 628 g/mol. The number of allylic oxidation sites excluding steroid dienone is 5. The highest BCUT2D eigenvalue weighted by Gasteiger charge is 2.81. The lowest BCUT2D eigenvalue weighted by Gasteiger charge is -2.56. The van der Waals surface area contributed by atoms with Crippen molar-refractivity contribution in [2.24, 2.45) is 17.8 Å². The summed E-state index contributed by atoms with van der Waals surface area (Å²) in [6.07, 6.45) is 10.1. The number of phenols is 1. The first kappa shape index (κ1) is 31.0. The Morgan fingerprint density at radius 1 is 1.02 bits per heavy atom. The molecular formula is C38H44O8. The zero-order valence-corrected chi connectivity index (χ0v) is 28.0. The van der Waals surface area contributed by atoms with Gasteiger partial charge in [-0.1, -0.05) is 35.5 Å². The van der Waals surface area contributed by atoms with Crippen molar-refractivity contribution in [2.45, 2.75) is 116 Å². The lowest BCUT2D eigenvalue weighted by Crippen LogP contribution is -2.72. The summed E-state index contributed by atoms with van der Waals surface area (Å²) in [4.78, 5) is 41.1. The molecule has 2 N–H and O–H groups in total. The molecule has 1 saturated heterocycles. The number of aromatic hydroxyl groups is 1. The van der Waals surface area contributed by atoms with Crippen molar-refractivity contribution in [1.82, 2.24) is 0 Å². The van der Waals surface area contributed by atoms with Gasteiger partial charge >= 0.3 is 5.97 Å². The minimum atomic E-state index is -1.62. The maximum Gasteiger partial charge on any atom is 0.330 e. The van der Waals surface area contributed by atoms with Crippen molar-refractivity contribution < 1.29 is 38.8 Å². The Hall–Kier alpha value is -3.65. The molecule has 1 saturated carbocycles. The summed E-state index contributed by atoms with van der Waals surface area (Å²) in [5.41, 5.74) is -0.435. The average Bonchev–Trinajstić information content (AvgIpc) is 3.11. The topological polar surface area (TPSA) is 119 Å². The second-order valence-electron chi connectivity index (χ2n) is 15.6. The molecule has 8 rings (SSSR count). The summed E-state index contributed by atoms with van der Waals surface area (Å²) in [6, 6.07) is 0. The quantitative estimate of drug-likeness (QED) is 0.266. The highest BCUT2D eigenvalue weighted by molar-refractivity contribution is 6.18. The molecule has 1 aromatic carbocycles. The number of Topliss-reactive ketones (excluding diaryl/α,β-unsaturated/α-hetero) is 2. The molecule has 1 aromatic rings. The Kier molecular flexibility index (Phi) is 6.53. The molecule has 0 aromatic heterocycles. The number of aliphatic carboxylic acids is 1. The third-order valence-electron chi connectivity index (χ3n) is 11.7. The van der Waals surface area contributed by atoms with E-state index in [0.717, 1.165) is 18.4 Å². The van der Waals surface area contributed by atoms with Gasteiger partial charge in [-0.15, -0.1) is 0 Å². The van der Waals surface area contributed by atoms with Crippen molar-refractivity contribution in [3.63, 3.8) is 0 Å². The molecule has 3 aliphatic heterocycles. The molecule has 3 heterocycles. The van der Waals surface area contributed by atoms with Gasteiger partial charge in [0.1, 0.15) is 28.4 Å². The fourth-order valence-corrected chi connectivity index (χ4v) is 9.49. The molecule has 1 spiro atoms. The molecule has 244 valence electrons.